The molecule has 47 heavy (non-hydrogen) atoms. The predicted molar refractivity (Wildman–Crippen MR) is 170 cm³/mol. The highest BCUT2D eigenvalue weighted by Gasteiger charge is 2.66. The first kappa shape index (κ1) is 30.5. The Labute approximate surface area is 271 Å². The molecule has 3 aliphatic carbocycles. The molecule has 1 heterocycles. The average Bonchev–Trinajstić information content (AvgIpc) is 3.37. The average molecular weight is 632 g/mol. The van der Waals surface area contributed by atoms with E-state index in [1.165, 1.54) is 6.08 Å². The van der Waals surface area contributed by atoms with Gasteiger partial charge in [-0.25, -0.2) is 4.79 Å². The van der Waals surface area contributed by atoms with Gasteiger partial charge in [0.15, 0.2) is 11.6 Å². The largest absolute Gasteiger partial charge is 0.491 e. The molecule has 7 rings (SSSR count). The maximum atomic E-state index is 15.0. The van der Waals surface area contributed by atoms with Crippen LogP contribution >= 0.6 is 0 Å². The minimum Gasteiger partial charge on any atom is -0.491 e. The number of allylic oxidation sites excluding steroid dienone is 4. The highest BCUT2D eigenvalue weighted by molar-refractivity contribution is 6.31. The van der Waals surface area contributed by atoms with Gasteiger partial charge in [-0.3, -0.25) is 19.2 Å². The summed E-state index contributed by atoms with van der Waals surface area (Å²) in [5.74, 6) is -4.99. The zero-order chi connectivity index (χ0) is 32.9. The Hall–Kier alpha value is -5.15. The van der Waals surface area contributed by atoms with Crippen LogP contribution in [0.5, 0.6) is 5.75 Å². The van der Waals surface area contributed by atoms with Crippen LogP contribution in [-0.2, 0) is 29.3 Å². The normalized spacial score (nSPS) is 28.1. The summed E-state index contributed by atoms with van der Waals surface area (Å²) in [6, 6.07) is 25.6. The van der Waals surface area contributed by atoms with Crippen molar-refractivity contribution >= 4 is 35.0 Å². The van der Waals surface area contributed by atoms with Crippen molar-refractivity contribution < 1.29 is 38.6 Å². The van der Waals surface area contributed by atoms with Crippen LogP contribution in [0.1, 0.15) is 35.4 Å². The third-order valence-corrected chi connectivity index (χ3v) is 10.3. The number of hydrogen-bond acceptors (Lipinski definition) is 8. The number of likely N-dealkylation sites (tertiary alicyclic amines) is 1. The Morgan fingerprint density at radius 1 is 0.894 bits per heavy atom. The van der Waals surface area contributed by atoms with Gasteiger partial charge < -0.3 is 14.6 Å². The van der Waals surface area contributed by atoms with Crippen molar-refractivity contribution in [3.63, 3.8) is 0 Å². The summed E-state index contributed by atoms with van der Waals surface area (Å²) >= 11 is 0. The third kappa shape index (κ3) is 4.59. The van der Waals surface area contributed by atoms with E-state index in [4.69, 9.17) is 9.47 Å². The number of carbonyl (C=O) groups is 5. The number of aliphatic hydroxyl groups is 1. The minimum atomic E-state index is -1.35. The molecule has 0 spiro atoms. The molecule has 9 heteroatoms. The first-order valence-electron chi connectivity index (χ1n) is 15.7. The number of ketones is 2. The zero-order valence-corrected chi connectivity index (χ0v) is 25.7. The SMILES string of the molecule is COC(=O)N1C(=O)[C@H]2[C@H](CC=C3[C@H]2C[C@H]2C(=O)C(c4ccccc4)=CC(=O)[C@@]2(c2ccccc2)[C@H]3c2ccc(OCCO)cc2)C1=O. The third-order valence-electron chi connectivity index (χ3n) is 10.3. The maximum absolute atomic E-state index is 15.0. The van der Waals surface area contributed by atoms with Crippen LogP contribution in [0.2, 0.25) is 0 Å². The van der Waals surface area contributed by atoms with E-state index in [1.807, 2.05) is 66.7 Å². The van der Waals surface area contributed by atoms with Crippen LogP contribution < -0.4 is 4.74 Å². The Morgan fingerprint density at radius 3 is 2.23 bits per heavy atom. The van der Waals surface area contributed by atoms with Crippen LogP contribution in [0, 0.1) is 23.7 Å². The van der Waals surface area contributed by atoms with Crippen LogP contribution in [0.3, 0.4) is 0 Å². The highest BCUT2D eigenvalue weighted by atomic mass is 16.5. The van der Waals surface area contributed by atoms with Crippen molar-refractivity contribution in [2.75, 3.05) is 20.3 Å². The van der Waals surface area contributed by atoms with Crippen LogP contribution in [0.4, 0.5) is 4.79 Å². The highest BCUT2D eigenvalue weighted by Crippen LogP contribution is 2.63. The lowest BCUT2D eigenvalue weighted by Gasteiger charge is -2.55. The molecular formula is C38H33NO8. The summed E-state index contributed by atoms with van der Waals surface area (Å²) in [5.41, 5.74) is 1.80. The lowest BCUT2D eigenvalue weighted by atomic mass is 9.44. The number of benzene rings is 3. The quantitative estimate of drug-likeness (QED) is 0.308. The summed E-state index contributed by atoms with van der Waals surface area (Å²) in [7, 11) is 1.12. The number of imide groups is 3. The molecule has 1 saturated carbocycles. The summed E-state index contributed by atoms with van der Waals surface area (Å²) in [4.78, 5) is 70.4. The van der Waals surface area contributed by atoms with Crippen LogP contribution in [-0.4, -0.2) is 59.8 Å². The van der Waals surface area contributed by atoms with E-state index in [0.717, 1.165) is 18.2 Å². The van der Waals surface area contributed by atoms with Gasteiger partial charge in [-0.05, 0) is 53.7 Å². The van der Waals surface area contributed by atoms with Crippen molar-refractivity contribution in [2.45, 2.75) is 24.2 Å². The molecule has 0 unspecified atom stereocenters. The van der Waals surface area contributed by atoms with E-state index >= 15 is 0 Å². The molecule has 3 amide bonds. The van der Waals surface area contributed by atoms with Gasteiger partial charge in [0.05, 0.1) is 31.0 Å². The fourth-order valence-electron chi connectivity index (χ4n) is 8.44. The number of Topliss-reactive ketones (excluding diaryl/α,β-unsaturated/α-hetero) is 1. The second-order valence-corrected chi connectivity index (χ2v) is 12.4. The lowest BCUT2D eigenvalue weighted by molar-refractivity contribution is -0.138. The molecule has 1 saturated heterocycles. The Bertz CT molecular complexity index is 1830. The predicted octanol–water partition coefficient (Wildman–Crippen LogP) is 4.65. The van der Waals surface area contributed by atoms with E-state index in [-0.39, 0.29) is 37.6 Å². The van der Waals surface area contributed by atoms with E-state index in [0.29, 0.717) is 27.3 Å². The molecule has 9 nitrogen and oxygen atoms in total. The van der Waals surface area contributed by atoms with Gasteiger partial charge in [-0.2, -0.15) is 4.90 Å². The second kappa shape index (κ2) is 11.9. The molecule has 2 fully saturated rings. The second-order valence-electron chi connectivity index (χ2n) is 12.4. The van der Waals surface area contributed by atoms with Crippen molar-refractivity contribution in [3.8, 4) is 5.75 Å². The van der Waals surface area contributed by atoms with Gasteiger partial charge in [0.25, 0.3) is 0 Å². The van der Waals surface area contributed by atoms with Crippen molar-refractivity contribution in [3.05, 3.63) is 119 Å². The number of hydrogen-bond donors (Lipinski definition) is 1. The van der Waals surface area contributed by atoms with Gasteiger partial charge in [0.2, 0.25) is 11.8 Å². The summed E-state index contributed by atoms with van der Waals surface area (Å²) in [6.07, 6.45) is 2.72. The Kier molecular flexibility index (Phi) is 7.72. The molecule has 0 bridgehead atoms. The molecule has 0 aromatic heterocycles. The number of aliphatic hydroxyl groups excluding tert-OH is 1. The molecule has 238 valence electrons. The number of amides is 3. The standard InChI is InChI=1S/C38H33NO8/c1-46-37(45)39-35(43)27-17-16-26-29(32(27)36(39)44)20-30-34(42)28(22-8-4-2-5-9-22)21-31(41)38(30,24-10-6-3-7-11-24)33(26)23-12-14-25(15-13-23)47-19-18-40/h2-16,21,27,29-30,32-33,40H,17-20H2,1H3/t27-,29+,30-,32-,33-,38-/m0/s1. The molecule has 1 N–H and O–H groups in total. The number of ether oxygens (including phenoxy) is 2. The van der Waals surface area contributed by atoms with Crippen molar-refractivity contribution in [1.82, 2.24) is 4.90 Å². The zero-order valence-electron chi connectivity index (χ0n) is 25.7. The minimum absolute atomic E-state index is 0.113. The topological polar surface area (TPSA) is 127 Å². The van der Waals surface area contributed by atoms with E-state index in [2.05, 4.69) is 0 Å². The number of methoxy groups -OCH3 is 1. The maximum Gasteiger partial charge on any atom is 0.423 e. The van der Waals surface area contributed by atoms with Crippen LogP contribution in [0.25, 0.3) is 5.57 Å². The first-order valence-corrected chi connectivity index (χ1v) is 15.7. The van der Waals surface area contributed by atoms with Crippen LogP contribution in [0.15, 0.2) is 103 Å². The molecule has 3 aromatic carbocycles. The monoisotopic (exact) mass is 631 g/mol. The number of fused-ring (bicyclic) bond motifs is 4. The number of nitrogens with zero attached hydrogens (tertiary/aromatic N) is 1. The Morgan fingerprint density at radius 2 is 1.57 bits per heavy atom. The summed E-state index contributed by atoms with van der Waals surface area (Å²) in [5, 5.41) is 9.25. The smallest absolute Gasteiger partial charge is 0.423 e. The number of rotatable bonds is 6. The Balaban J connectivity index is 1.46. The van der Waals surface area contributed by atoms with Gasteiger partial charge >= 0.3 is 6.09 Å². The van der Waals surface area contributed by atoms with Gasteiger partial charge in [-0.1, -0.05) is 84.4 Å². The van der Waals surface area contributed by atoms with E-state index in [9.17, 15) is 29.1 Å². The van der Waals surface area contributed by atoms with E-state index in [1.54, 1.807) is 24.3 Å². The summed E-state index contributed by atoms with van der Waals surface area (Å²) in [6.45, 7) is -0.0374. The van der Waals surface area contributed by atoms with Gasteiger partial charge in [-0.15, -0.1) is 0 Å². The number of carbonyl (C=O) groups excluding carboxylic acids is 5. The molecule has 6 atom stereocenters. The van der Waals surface area contributed by atoms with Gasteiger partial charge in [0.1, 0.15) is 12.4 Å². The fraction of sp³-hybridized carbons (Fsp3) is 0.289. The fourth-order valence-corrected chi connectivity index (χ4v) is 8.44. The lowest BCUT2D eigenvalue weighted by Crippen LogP contribution is -2.58. The first-order chi connectivity index (χ1) is 22.8. The van der Waals surface area contributed by atoms with Crippen molar-refractivity contribution in [1.29, 1.82) is 0 Å². The van der Waals surface area contributed by atoms with E-state index < -0.39 is 52.9 Å². The van der Waals surface area contributed by atoms with Crippen molar-refractivity contribution in [2.24, 2.45) is 23.7 Å². The molecule has 3 aromatic rings. The molecular weight excluding hydrogens is 598 g/mol. The summed E-state index contributed by atoms with van der Waals surface area (Å²) < 4.78 is 10.4. The molecule has 0 radical (unpaired) electrons. The molecule has 1 aliphatic heterocycles. The molecule has 4 aliphatic rings. The van der Waals surface area contributed by atoms with Gasteiger partial charge in [0, 0.05) is 17.4 Å².